The van der Waals surface area contributed by atoms with Crippen molar-refractivity contribution in [3.8, 4) is 0 Å². The maximum atomic E-state index is 6.20. The van der Waals surface area contributed by atoms with Gasteiger partial charge in [0.2, 0.25) is 0 Å². The minimum absolute atomic E-state index is 0.431. The van der Waals surface area contributed by atoms with Crippen LogP contribution in [0.3, 0.4) is 0 Å². The average Bonchev–Trinajstić information content (AvgIpc) is 2.41. The Hall–Kier alpha value is 0.200. The molecule has 0 amide bonds. The number of unbranched alkanes of at least 4 members (excludes halogenated alkanes) is 5. The molecule has 0 aliphatic carbocycles. The molecule has 1 N–H and O–H groups in total. The molecule has 0 fully saturated rings. The second-order valence-electron chi connectivity index (χ2n) is 5.07. The first-order valence-electron chi connectivity index (χ1n) is 7.31. The standard InChI is InChI=1S/C16H25ClIN/c1-3-4-5-6-7-8-9-16(19-2)13-10-11-15(18)14(17)12-13/h10-12,16,19H,3-9H2,1-2H3. The third-order valence-electron chi connectivity index (χ3n) is 3.54. The molecule has 0 heterocycles. The summed E-state index contributed by atoms with van der Waals surface area (Å²) in [5.74, 6) is 0. The van der Waals surface area contributed by atoms with E-state index in [9.17, 15) is 0 Å². The van der Waals surface area contributed by atoms with Gasteiger partial charge in [-0.05, 0) is 53.8 Å². The highest BCUT2D eigenvalue weighted by Crippen LogP contribution is 2.26. The summed E-state index contributed by atoms with van der Waals surface area (Å²) < 4.78 is 1.12. The highest BCUT2D eigenvalue weighted by molar-refractivity contribution is 14.1. The third-order valence-corrected chi connectivity index (χ3v) is 5.11. The quantitative estimate of drug-likeness (QED) is 0.403. The molecule has 0 aliphatic rings. The lowest BCUT2D eigenvalue weighted by Crippen LogP contribution is -2.16. The summed E-state index contributed by atoms with van der Waals surface area (Å²) in [5, 5.41) is 4.27. The van der Waals surface area contributed by atoms with Crippen LogP contribution in [0.1, 0.15) is 63.5 Å². The van der Waals surface area contributed by atoms with Gasteiger partial charge in [0.05, 0.1) is 5.02 Å². The summed E-state index contributed by atoms with van der Waals surface area (Å²) in [6, 6.07) is 6.82. The largest absolute Gasteiger partial charge is 0.313 e. The Balaban J connectivity index is 2.38. The van der Waals surface area contributed by atoms with Crippen LogP contribution in [0.5, 0.6) is 0 Å². The van der Waals surface area contributed by atoms with Crippen LogP contribution in [-0.4, -0.2) is 7.05 Å². The molecule has 1 rings (SSSR count). The molecule has 0 saturated carbocycles. The van der Waals surface area contributed by atoms with Gasteiger partial charge in [-0.3, -0.25) is 0 Å². The maximum absolute atomic E-state index is 6.20. The van der Waals surface area contributed by atoms with E-state index >= 15 is 0 Å². The molecule has 108 valence electrons. The van der Waals surface area contributed by atoms with Crippen molar-refractivity contribution in [1.29, 1.82) is 0 Å². The van der Waals surface area contributed by atoms with Crippen molar-refractivity contribution >= 4 is 34.2 Å². The number of hydrogen-bond donors (Lipinski definition) is 1. The topological polar surface area (TPSA) is 12.0 Å². The molecule has 19 heavy (non-hydrogen) atoms. The van der Waals surface area contributed by atoms with E-state index in [2.05, 4.69) is 53.0 Å². The number of halogens is 2. The van der Waals surface area contributed by atoms with Gasteiger partial charge in [-0.1, -0.05) is 63.1 Å². The molecule has 0 aromatic heterocycles. The van der Waals surface area contributed by atoms with Crippen LogP contribution in [0, 0.1) is 3.57 Å². The van der Waals surface area contributed by atoms with Crippen LogP contribution in [0.15, 0.2) is 18.2 Å². The van der Waals surface area contributed by atoms with E-state index in [1.165, 1.54) is 50.5 Å². The number of nitrogens with one attached hydrogen (secondary N) is 1. The predicted molar refractivity (Wildman–Crippen MR) is 94.0 cm³/mol. The fraction of sp³-hybridized carbons (Fsp3) is 0.625. The van der Waals surface area contributed by atoms with Gasteiger partial charge < -0.3 is 5.32 Å². The highest BCUT2D eigenvalue weighted by Gasteiger charge is 2.10. The first-order chi connectivity index (χ1) is 9.19. The Morgan fingerprint density at radius 1 is 1.16 bits per heavy atom. The van der Waals surface area contributed by atoms with Crippen molar-refractivity contribution < 1.29 is 0 Å². The smallest absolute Gasteiger partial charge is 0.0542 e. The molecule has 0 radical (unpaired) electrons. The van der Waals surface area contributed by atoms with Crippen molar-refractivity contribution in [3.05, 3.63) is 32.4 Å². The molecule has 1 atom stereocenters. The lowest BCUT2D eigenvalue weighted by molar-refractivity contribution is 0.498. The van der Waals surface area contributed by atoms with E-state index in [-0.39, 0.29) is 0 Å². The third kappa shape index (κ3) is 6.46. The van der Waals surface area contributed by atoms with E-state index in [0.717, 1.165) is 8.59 Å². The minimum Gasteiger partial charge on any atom is -0.313 e. The van der Waals surface area contributed by atoms with E-state index < -0.39 is 0 Å². The Kier molecular flexibility index (Phi) is 9.08. The molecule has 1 nitrogen and oxygen atoms in total. The first kappa shape index (κ1) is 17.3. The van der Waals surface area contributed by atoms with E-state index in [1.807, 2.05) is 7.05 Å². The second kappa shape index (κ2) is 10.0. The molecule has 0 saturated heterocycles. The summed E-state index contributed by atoms with van der Waals surface area (Å²) in [5.41, 5.74) is 1.31. The SMILES string of the molecule is CCCCCCCCC(NC)c1ccc(I)c(Cl)c1. The maximum Gasteiger partial charge on any atom is 0.0542 e. The van der Waals surface area contributed by atoms with Crippen LogP contribution in [0.4, 0.5) is 0 Å². The van der Waals surface area contributed by atoms with Gasteiger partial charge in [0.25, 0.3) is 0 Å². The van der Waals surface area contributed by atoms with Crippen molar-refractivity contribution in [1.82, 2.24) is 5.32 Å². The average molecular weight is 394 g/mol. The van der Waals surface area contributed by atoms with Gasteiger partial charge >= 0.3 is 0 Å². The first-order valence-corrected chi connectivity index (χ1v) is 8.77. The van der Waals surface area contributed by atoms with Gasteiger partial charge in [-0.2, -0.15) is 0 Å². The van der Waals surface area contributed by atoms with Crippen molar-refractivity contribution in [2.45, 2.75) is 57.9 Å². The predicted octanol–water partition coefficient (Wildman–Crippen LogP) is 5.96. The van der Waals surface area contributed by atoms with Gasteiger partial charge in [0.15, 0.2) is 0 Å². The lowest BCUT2D eigenvalue weighted by atomic mass is 10.00. The van der Waals surface area contributed by atoms with Crippen LogP contribution in [-0.2, 0) is 0 Å². The molecular formula is C16H25ClIN. The summed E-state index contributed by atoms with van der Waals surface area (Å²) in [6.45, 7) is 2.26. The summed E-state index contributed by atoms with van der Waals surface area (Å²) in [6.07, 6.45) is 9.28. The number of benzene rings is 1. The molecule has 3 heteroatoms. The monoisotopic (exact) mass is 393 g/mol. The van der Waals surface area contributed by atoms with E-state index in [0.29, 0.717) is 6.04 Å². The second-order valence-corrected chi connectivity index (χ2v) is 6.64. The van der Waals surface area contributed by atoms with Crippen molar-refractivity contribution in [2.75, 3.05) is 7.05 Å². The van der Waals surface area contributed by atoms with Crippen LogP contribution in [0.25, 0.3) is 0 Å². The highest BCUT2D eigenvalue weighted by atomic mass is 127. The zero-order chi connectivity index (χ0) is 14.1. The van der Waals surface area contributed by atoms with E-state index in [4.69, 9.17) is 11.6 Å². The van der Waals surface area contributed by atoms with Crippen LogP contribution in [0.2, 0.25) is 5.02 Å². The Morgan fingerprint density at radius 3 is 2.47 bits per heavy atom. The fourth-order valence-electron chi connectivity index (χ4n) is 2.34. The molecular weight excluding hydrogens is 369 g/mol. The Labute approximate surface area is 136 Å². The van der Waals surface area contributed by atoms with Gasteiger partial charge in [0, 0.05) is 9.61 Å². The van der Waals surface area contributed by atoms with Gasteiger partial charge in [0.1, 0.15) is 0 Å². The molecule has 0 aliphatic heterocycles. The molecule has 1 unspecified atom stereocenters. The van der Waals surface area contributed by atoms with Crippen molar-refractivity contribution in [3.63, 3.8) is 0 Å². The zero-order valence-corrected chi connectivity index (χ0v) is 14.9. The summed E-state index contributed by atoms with van der Waals surface area (Å²) in [4.78, 5) is 0. The summed E-state index contributed by atoms with van der Waals surface area (Å²) in [7, 11) is 2.04. The summed E-state index contributed by atoms with van der Waals surface area (Å²) >= 11 is 8.47. The molecule has 0 bridgehead atoms. The molecule has 1 aromatic carbocycles. The van der Waals surface area contributed by atoms with Gasteiger partial charge in [-0.15, -0.1) is 0 Å². The van der Waals surface area contributed by atoms with Crippen LogP contribution < -0.4 is 5.32 Å². The zero-order valence-electron chi connectivity index (χ0n) is 12.0. The normalized spacial score (nSPS) is 12.6. The number of rotatable bonds is 9. The Morgan fingerprint density at radius 2 is 1.84 bits per heavy atom. The minimum atomic E-state index is 0.431. The fourth-order valence-corrected chi connectivity index (χ4v) is 2.86. The van der Waals surface area contributed by atoms with Crippen LogP contribution >= 0.6 is 34.2 Å². The van der Waals surface area contributed by atoms with E-state index in [1.54, 1.807) is 0 Å². The number of hydrogen-bond acceptors (Lipinski definition) is 1. The van der Waals surface area contributed by atoms with Crippen molar-refractivity contribution in [2.24, 2.45) is 0 Å². The Bertz CT molecular complexity index is 368. The molecule has 0 spiro atoms. The lowest BCUT2D eigenvalue weighted by Gasteiger charge is -2.17. The van der Waals surface area contributed by atoms with Gasteiger partial charge in [-0.25, -0.2) is 0 Å². The molecule has 1 aromatic rings.